The second kappa shape index (κ2) is 4.46. The summed E-state index contributed by atoms with van der Waals surface area (Å²) in [4.78, 5) is 0. The largest absolute Gasteiger partial charge is 0.394 e. The zero-order valence-corrected chi connectivity index (χ0v) is 8.27. The Bertz CT molecular complexity index is 132. The smallest absolute Gasteiger partial charge is 0.0826 e. The molecule has 12 heavy (non-hydrogen) atoms. The number of rotatable bonds is 5. The van der Waals surface area contributed by atoms with Gasteiger partial charge in [-0.05, 0) is 19.1 Å². The van der Waals surface area contributed by atoms with Crippen molar-refractivity contribution in [3.8, 4) is 0 Å². The summed E-state index contributed by atoms with van der Waals surface area (Å²) >= 11 is 1.86. The Morgan fingerprint density at radius 3 is 2.75 bits per heavy atom. The van der Waals surface area contributed by atoms with Crippen molar-refractivity contribution in [3.63, 3.8) is 0 Å². The van der Waals surface area contributed by atoms with Crippen LogP contribution in [0.5, 0.6) is 0 Å². The number of hydrogen-bond donors (Lipinski definition) is 2. The summed E-state index contributed by atoms with van der Waals surface area (Å²) < 4.78 is 5.51. The summed E-state index contributed by atoms with van der Waals surface area (Å²) in [6.07, 6.45) is 4.17. The molecule has 1 saturated carbocycles. The van der Waals surface area contributed by atoms with Crippen molar-refractivity contribution in [1.29, 1.82) is 0 Å². The van der Waals surface area contributed by atoms with Gasteiger partial charge in [0.15, 0.2) is 0 Å². The molecule has 72 valence electrons. The van der Waals surface area contributed by atoms with Crippen LogP contribution in [0.4, 0.5) is 0 Å². The highest BCUT2D eigenvalue weighted by Gasteiger charge is 2.43. The third-order valence-electron chi connectivity index (χ3n) is 2.40. The van der Waals surface area contributed by atoms with E-state index < -0.39 is 0 Å². The fraction of sp³-hybridized carbons (Fsp3) is 1.00. The van der Waals surface area contributed by atoms with Crippen LogP contribution in [-0.4, -0.2) is 42.0 Å². The summed E-state index contributed by atoms with van der Waals surface area (Å²) in [5.74, 6) is 0. The Labute approximate surface area is 77.7 Å². The molecule has 0 aromatic carbocycles. The van der Waals surface area contributed by atoms with Crippen molar-refractivity contribution >= 4 is 11.8 Å². The van der Waals surface area contributed by atoms with Gasteiger partial charge in [0.1, 0.15) is 0 Å². The first kappa shape index (κ1) is 10.3. The van der Waals surface area contributed by atoms with E-state index in [-0.39, 0.29) is 12.2 Å². The van der Waals surface area contributed by atoms with Crippen LogP contribution in [0.2, 0.25) is 0 Å². The zero-order valence-electron chi connectivity index (χ0n) is 7.45. The molecule has 0 saturated heterocycles. The number of aliphatic hydroxyl groups is 1. The maximum atomic E-state index is 8.60. The van der Waals surface area contributed by atoms with Crippen molar-refractivity contribution < 1.29 is 9.84 Å². The zero-order chi connectivity index (χ0) is 9.03. The summed E-state index contributed by atoms with van der Waals surface area (Å²) in [7, 11) is 0. The van der Waals surface area contributed by atoms with Crippen LogP contribution in [0, 0.1) is 0 Å². The Balaban J connectivity index is 2.26. The minimum Gasteiger partial charge on any atom is -0.394 e. The van der Waals surface area contributed by atoms with Gasteiger partial charge in [-0.3, -0.25) is 0 Å². The molecule has 1 aliphatic rings. The lowest BCUT2D eigenvalue weighted by Crippen LogP contribution is -2.53. The summed E-state index contributed by atoms with van der Waals surface area (Å²) in [6, 6.07) is 0. The monoisotopic (exact) mass is 191 g/mol. The molecule has 0 aromatic heterocycles. The average molecular weight is 191 g/mol. The van der Waals surface area contributed by atoms with Crippen molar-refractivity contribution in [1.82, 2.24) is 0 Å². The van der Waals surface area contributed by atoms with Gasteiger partial charge in [0.05, 0.1) is 18.8 Å². The van der Waals surface area contributed by atoms with Crippen LogP contribution < -0.4 is 5.73 Å². The molecule has 0 heterocycles. The quantitative estimate of drug-likeness (QED) is 0.652. The first-order valence-electron chi connectivity index (χ1n) is 4.24. The molecule has 0 radical (unpaired) electrons. The maximum Gasteiger partial charge on any atom is 0.0826 e. The molecule has 0 aromatic rings. The molecular formula is C8H17NO2S. The van der Waals surface area contributed by atoms with Crippen molar-refractivity contribution in [2.45, 2.75) is 23.7 Å². The summed E-state index contributed by atoms with van der Waals surface area (Å²) in [5.41, 5.74) is 5.50. The maximum absolute atomic E-state index is 8.60. The van der Waals surface area contributed by atoms with E-state index in [0.29, 0.717) is 18.4 Å². The third-order valence-corrected chi connectivity index (χ3v) is 3.40. The van der Waals surface area contributed by atoms with Crippen LogP contribution >= 0.6 is 11.8 Å². The highest BCUT2D eigenvalue weighted by Crippen LogP contribution is 2.41. The average Bonchev–Trinajstić information content (AvgIpc) is 2.04. The molecule has 0 bridgehead atoms. The van der Waals surface area contributed by atoms with Crippen LogP contribution in [0.25, 0.3) is 0 Å². The molecule has 4 heteroatoms. The Hall–Kier alpha value is 0.230. The second-order valence-corrected chi connectivity index (χ2v) is 4.36. The van der Waals surface area contributed by atoms with Crippen molar-refractivity contribution in [2.75, 3.05) is 26.0 Å². The summed E-state index contributed by atoms with van der Waals surface area (Å²) in [6.45, 7) is 1.08. The minimum absolute atomic E-state index is 0.0890. The van der Waals surface area contributed by atoms with E-state index in [1.54, 1.807) is 0 Å². The Morgan fingerprint density at radius 1 is 1.67 bits per heavy atom. The van der Waals surface area contributed by atoms with Gasteiger partial charge in [-0.25, -0.2) is 0 Å². The number of nitrogens with two attached hydrogens (primary N) is 1. The molecule has 0 unspecified atom stereocenters. The Morgan fingerprint density at radius 2 is 2.33 bits per heavy atom. The van der Waals surface area contributed by atoms with Gasteiger partial charge in [-0.1, -0.05) is 0 Å². The standard InChI is InChI=1S/C8H17NO2S/c1-12-7-4-8(5-7,6-9)11-3-2-10/h7,10H,2-6,9H2,1H3. The summed E-state index contributed by atoms with van der Waals surface area (Å²) in [5, 5.41) is 9.30. The first-order valence-corrected chi connectivity index (χ1v) is 5.53. The molecule has 0 spiro atoms. The van der Waals surface area contributed by atoms with Gasteiger partial charge in [0, 0.05) is 11.8 Å². The molecule has 0 atom stereocenters. The van der Waals surface area contributed by atoms with Gasteiger partial charge in [-0.2, -0.15) is 11.8 Å². The lowest BCUT2D eigenvalue weighted by Gasteiger charge is -2.46. The topological polar surface area (TPSA) is 55.5 Å². The number of aliphatic hydroxyl groups excluding tert-OH is 1. The number of ether oxygens (including phenoxy) is 1. The van der Waals surface area contributed by atoms with Crippen LogP contribution in [0.3, 0.4) is 0 Å². The molecule has 3 N–H and O–H groups in total. The van der Waals surface area contributed by atoms with Crippen LogP contribution in [0.15, 0.2) is 0 Å². The molecule has 1 rings (SSSR count). The number of thioether (sulfide) groups is 1. The van der Waals surface area contributed by atoms with Crippen molar-refractivity contribution in [2.24, 2.45) is 5.73 Å². The van der Waals surface area contributed by atoms with E-state index in [4.69, 9.17) is 15.6 Å². The second-order valence-electron chi connectivity index (χ2n) is 3.23. The highest BCUT2D eigenvalue weighted by molar-refractivity contribution is 7.99. The molecule has 0 amide bonds. The van der Waals surface area contributed by atoms with E-state index in [9.17, 15) is 0 Å². The molecule has 1 fully saturated rings. The fourth-order valence-corrected chi connectivity index (χ4v) is 2.48. The fourth-order valence-electron chi connectivity index (χ4n) is 1.54. The number of hydrogen-bond acceptors (Lipinski definition) is 4. The van der Waals surface area contributed by atoms with E-state index >= 15 is 0 Å². The lowest BCUT2D eigenvalue weighted by molar-refractivity contribution is -0.0971. The SMILES string of the molecule is CSC1CC(CN)(OCCO)C1. The van der Waals surface area contributed by atoms with E-state index in [0.717, 1.165) is 12.8 Å². The van der Waals surface area contributed by atoms with Gasteiger partial charge in [-0.15, -0.1) is 0 Å². The lowest BCUT2D eigenvalue weighted by atomic mass is 9.79. The van der Waals surface area contributed by atoms with Crippen molar-refractivity contribution in [3.05, 3.63) is 0 Å². The third kappa shape index (κ3) is 2.13. The predicted molar refractivity (Wildman–Crippen MR) is 51.4 cm³/mol. The van der Waals surface area contributed by atoms with Gasteiger partial charge in [0.25, 0.3) is 0 Å². The first-order chi connectivity index (χ1) is 5.76. The molecule has 3 nitrogen and oxygen atoms in total. The Kier molecular flexibility index (Phi) is 3.83. The molecule has 1 aliphatic carbocycles. The van der Waals surface area contributed by atoms with E-state index in [2.05, 4.69) is 6.26 Å². The van der Waals surface area contributed by atoms with E-state index in [1.807, 2.05) is 11.8 Å². The molecule has 0 aliphatic heterocycles. The predicted octanol–water partition coefficient (Wildman–Crippen LogP) is 0.218. The van der Waals surface area contributed by atoms with Crippen LogP contribution in [0.1, 0.15) is 12.8 Å². The van der Waals surface area contributed by atoms with Gasteiger partial charge < -0.3 is 15.6 Å². The van der Waals surface area contributed by atoms with Gasteiger partial charge in [0.2, 0.25) is 0 Å². The van der Waals surface area contributed by atoms with Crippen LogP contribution in [-0.2, 0) is 4.74 Å². The molecular weight excluding hydrogens is 174 g/mol. The normalized spacial score (nSPS) is 34.8. The van der Waals surface area contributed by atoms with E-state index in [1.165, 1.54) is 0 Å². The minimum atomic E-state index is -0.115. The van der Waals surface area contributed by atoms with Gasteiger partial charge >= 0.3 is 0 Å². The highest BCUT2D eigenvalue weighted by atomic mass is 32.2.